The molecule has 2 aromatic rings. The summed E-state index contributed by atoms with van der Waals surface area (Å²) in [7, 11) is 0. The molecule has 1 aliphatic rings. The minimum Gasteiger partial charge on any atom is -0.453 e. The number of hydrogen-bond donors (Lipinski definition) is 0. The summed E-state index contributed by atoms with van der Waals surface area (Å²) >= 11 is 0. The zero-order valence-electron chi connectivity index (χ0n) is 12.3. The summed E-state index contributed by atoms with van der Waals surface area (Å²) in [6, 6.07) is 7.96. The normalized spacial score (nSPS) is 23.1. The van der Waals surface area contributed by atoms with Crippen molar-refractivity contribution in [3.05, 3.63) is 35.6 Å². The maximum Gasteiger partial charge on any atom is 0.201 e. The van der Waals surface area contributed by atoms with Crippen LogP contribution in [0.5, 0.6) is 0 Å². The van der Waals surface area contributed by atoms with Crippen LogP contribution in [0.4, 0.5) is 0 Å². The average Bonchev–Trinajstić information content (AvgIpc) is 2.92. The maximum absolute atomic E-state index is 12.6. The molecule has 0 bridgehead atoms. The van der Waals surface area contributed by atoms with Crippen molar-refractivity contribution in [1.29, 1.82) is 0 Å². The van der Waals surface area contributed by atoms with E-state index in [-0.39, 0.29) is 11.7 Å². The van der Waals surface area contributed by atoms with Gasteiger partial charge >= 0.3 is 0 Å². The van der Waals surface area contributed by atoms with Gasteiger partial charge in [0, 0.05) is 11.3 Å². The van der Waals surface area contributed by atoms with E-state index in [1.165, 1.54) is 19.3 Å². The summed E-state index contributed by atoms with van der Waals surface area (Å²) in [4.78, 5) is 12.6. The molecule has 2 atom stereocenters. The van der Waals surface area contributed by atoms with Crippen molar-refractivity contribution in [3.8, 4) is 0 Å². The molecule has 0 saturated heterocycles. The van der Waals surface area contributed by atoms with Crippen LogP contribution in [0.15, 0.2) is 28.7 Å². The summed E-state index contributed by atoms with van der Waals surface area (Å²) in [5.41, 5.74) is 1.95. The summed E-state index contributed by atoms with van der Waals surface area (Å²) in [5, 5.41) is 1.04. The number of para-hydroxylation sites is 1. The third-order valence-electron chi connectivity index (χ3n) is 4.71. The highest BCUT2D eigenvalue weighted by molar-refractivity contribution is 5.99. The van der Waals surface area contributed by atoms with Gasteiger partial charge < -0.3 is 4.42 Å². The van der Waals surface area contributed by atoms with Gasteiger partial charge in [0.25, 0.3) is 0 Å². The molecule has 0 amide bonds. The number of carbonyl (C=O) groups is 1. The molecule has 1 aromatic carbocycles. The Hall–Kier alpha value is -1.57. The van der Waals surface area contributed by atoms with Crippen molar-refractivity contribution in [3.63, 3.8) is 0 Å². The maximum atomic E-state index is 12.6. The van der Waals surface area contributed by atoms with Gasteiger partial charge in [0.05, 0.1) is 0 Å². The molecule has 1 heterocycles. The molecule has 2 heteroatoms. The Morgan fingerprint density at radius 1 is 1.35 bits per heavy atom. The first kappa shape index (κ1) is 13.4. The standard InChI is InChI=1S/C18H22O2/c1-3-13-7-5-8-14(10-13)17(19)16-11-15-9-4-6-12(2)18(15)20-16/h4,6,9,11,13-14H,3,5,7-8,10H2,1-2H3. The van der Waals surface area contributed by atoms with Gasteiger partial charge in [-0.15, -0.1) is 0 Å². The molecular weight excluding hydrogens is 248 g/mol. The van der Waals surface area contributed by atoms with E-state index in [2.05, 4.69) is 6.92 Å². The molecule has 2 nitrogen and oxygen atoms in total. The molecule has 2 unspecified atom stereocenters. The number of hydrogen-bond acceptors (Lipinski definition) is 2. The van der Waals surface area contributed by atoms with Gasteiger partial charge in [-0.2, -0.15) is 0 Å². The van der Waals surface area contributed by atoms with Crippen LogP contribution < -0.4 is 0 Å². The van der Waals surface area contributed by atoms with Crippen LogP contribution in [0.2, 0.25) is 0 Å². The highest BCUT2D eigenvalue weighted by atomic mass is 16.3. The van der Waals surface area contributed by atoms with Gasteiger partial charge in [-0.05, 0) is 37.3 Å². The number of aryl methyl sites for hydroxylation is 1. The van der Waals surface area contributed by atoms with E-state index in [4.69, 9.17) is 4.42 Å². The third kappa shape index (κ3) is 2.39. The van der Waals surface area contributed by atoms with Crippen LogP contribution in [0.25, 0.3) is 11.0 Å². The van der Waals surface area contributed by atoms with Crippen LogP contribution in [0, 0.1) is 18.8 Å². The molecule has 1 aliphatic carbocycles. The lowest BCUT2D eigenvalue weighted by Crippen LogP contribution is -2.22. The Morgan fingerprint density at radius 3 is 2.95 bits per heavy atom. The molecule has 20 heavy (non-hydrogen) atoms. The minimum absolute atomic E-state index is 0.162. The number of furan rings is 1. The molecule has 106 valence electrons. The molecule has 0 radical (unpaired) electrons. The first-order valence-electron chi connectivity index (χ1n) is 7.72. The number of fused-ring (bicyclic) bond motifs is 1. The Labute approximate surface area is 120 Å². The van der Waals surface area contributed by atoms with Crippen LogP contribution in [0.3, 0.4) is 0 Å². The third-order valence-corrected chi connectivity index (χ3v) is 4.71. The van der Waals surface area contributed by atoms with Crippen LogP contribution in [-0.4, -0.2) is 5.78 Å². The Balaban J connectivity index is 1.86. The van der Waals surface area contributed by atoms with E-state index >= 15 is 0 Å². The highest BCUT2D eigenvalue weighted by Crippen LogP contribution is 2.34. The molecule has 0 N–H and O–H groups in total. The lowest BCUT2D eigenvalue weighted by molar-refractivity contribution is 0.0835. The van der Waals surface area contributed by atoms with Crippen molar-refractivity contribution >= 4 is 16.8 Å². The van der Waals surface area contributed by atoms with E-state index in [0.717, 1.165) is 29.4 Å². The smallest absolute Gasteiger partial charge is 0.201 e. The lowest BCUT2D eigenvalue weighted by Gasteiger charge is -2.26. The number of ketones is 1. The second-order valence-electron chi connectivity index (χ2n) is 6.11. The predicted molar refractivity (Wildman–Crippen MR) is 81.0 cm³/mol. The first-order valence-corrected chi connectivity index (χ1v) is 7.72. The molecule has 1 saturated carbocycles. The fourth-order valence-corrected chi connectivity index (χ4v) is 3.43. The largest absolute Gasteiger partial charge is 0.453 e. The fraction of sp³-hybridized carbons (Fsp3) is 0.500. The van der Waals surface area contributed by atoms with Gasteiger partial charge in [-0.1, -0.05) is 44.4 Å². The monoisotopic (exact) mass is 270 g/mol. The number of rotatable bonds is 3. The van der Waals surface area contributed by atoms with E-state index in [1.54, 1.807) is 0 Å². The Morgan fingerprint density at radius 2 is 2.20 bits per heavy atom. The zero-order chi connectivity index (χ0) is 14.1. The van der Waals surface area contributed by atoms with E-state index in [0.29, 0.717) is 11.7 Å². The van der Waals surface area contributed by atoms with E-state index in [9.17, 15) is 4.79 Å². The Kier molecular flexibility index (Phi) is 3.64. The van der Waals surface area contributed by atoms with E-state index < -0.39 is 0 Å². The second-order valence-corrected chi connectivity index (χ2v) is 6.11. The van der Waals surface area contributed by atoms with Crippen molar-refractivity contribution in [2.75, 3.05) is 0 Å². The summed E-state index contributed by atoms with van der Waals surface area (Å²) in [6.45, 7) is 4.25. The summed E-state index contributed by atoms with van der Waals surface area (Å²) < 4.78 is 5.83. The second kappa shape index (κ2) is 5.43. The topological polar surface area (TPSA) is 30.2 Å². The number of carbonyl (C=O) groups excluding carboxylic acids is 1. The number of benzene rings is 1. The molecule has 0 spiro atoms. The minimum atomic E-state index is 0.162. The van der Waals surface area contributed by atoms with Gasteiger partial charge in [0.1, 0.15) is 5.58 Å². The van der Waals surface area contributed by atoms with E-state index in [1.807, 2.05) is 31.2 Å². The number of Topliss-reactive ketones (excluding diaryl/α,β-unsaturated/α-hetero) is 1. The SMILES string of the molecule is CCC1CCCC(C(=O)c2cc3cccc(C)c3o2)C1. The van der Waals surface area contributed by atoms with Crippen molar-refractivity contribution in [2.45, 2.75) is 46.0 Å². The highest BCUT2D eigenvalue weighted by Gasteiger charge is 2.29. The van der Waals surface area contributed by atoms with Crippen molar-refractivity contribution < 1.29 is 9.21 Å². The van der Waals surface area contributed by atoms with Gasteiger partial charge in [0.15, 0.2) is 5.76 Å². The molecule has 0 aliphatic heterocycles. The molecular formula is C18H22O2. The van der Waals surface area contributed by atoms with Crippen molar-refractivity contribution in [1.82, 2.24) is 0 Å². The first-order chi connectivity index (χ1) is 9.69. The molecule has 1 aromatic heterocycles. The predicted octanol–water partition coefficient (Wildman–Crippen LogP) is 5.14. The van der Waals surface area contributed by atoms with Gasteiger partial charge in [-0.25, -0.2) is 0 Å². The van der Waals surface area contributed by atoms with Crippen molar-refractivity contribution in [2.24, 2.45) is 11.8 Å². The Bertz CT molecular complexity index is 623. The van der Waals surface area contributed by atoms with Gasteiger partial charge in [-0.3, -0.25) is 4.79 Å². The van der Waals surface area contributed by atoms with Gasteiger partial charge in [0.2, 0.25) is 5.78 Å². The van der Waals surface area contributed by atoms with Crippen LogP contribution in [-0.2, 0) is 0 Å². The molecule has 3 rings (SSSR count). The fourth-order valence-electron chi connectivity index (χ4n) is 3.43. The quantitative estimate of drug-likeness (QED) is 0.723. The lowest BCUT2D eigenvalue weighted by atomic mass is 9.78. The zero-order valence-corrected chi connectivity index (χ0v) is 12.3. The summed E-state index contributed by atoms with van der Waals surface area (Å²) in [6.07, 6.45) is 5.69. The van der Waals surface area contributed by atoms with Crippen LogP contribution in [0.1, 0.15) is 55.1 Å². The van der Waals surface area contributed by atoms with Crippen LogP contribution >= 0.6 is 0 Å². The molecule has 1 fully saturated rings. The summed E-state index contributed by atoms with van der Waals surface area (Å²) in [5.74, 6) is 1.63. The average molecular weight is 270 g/mol.